The smallest absolute Gasteiger partial charge is 0.229 e. The lowest BCUT2D eigenvalue weighted by atomic mass is 9.68. The minimum atomic E-state index is -0.192. The van der Waals surface area contributed by atoms with Crippen molar-refractivity contribution in [3.63, 3.8) is 0 Å². The van der Waals surface area contributed by atoms with Crippen molar-refractivity contribution in [3.8, 4) is 0 Å². The predicted octanol–water partition coefficient (Wildman–Crippen LogP) is 3.59. The van der Waals surface area contributed by atoms with Gasteiger partial charge in [0.25, 0.3) is 0 Å². The SMILES string of the molecule is CN1CC(c2ccccc2)C2(CCN(Cc3cccs3)CC2)C1=O. The summed E-state index contributed by atoms with van der Waals surface area (Å²) in [6.45, 7) is 3.91. The highest BCUT2D eigenvalue weighted by Gasteiger charge is 2.54. The molecule has 126 valence electrons. The van der Waals surface area contributed by atoms with E-state index in [1.807, 2.05) is 23.3 Å². The number of nitrogens with zero attached hydrogens (tertiary/aromatic N) is 2. The first-order valence-electron chi connectivity index (χ1n) is 8.74. The average Bonchev–Trinajstić information content (AvgIpc) is 3.21. The summed E-state index contributed by atoms with van der Waals surface area (Å²) in [5.41, 5.74) is 1.13. The Morgan fingerprint density at radius 1 is 1.12 bits per heavy atom. The lowest BCUT2D eigenvalue weighted by Crippen LogP contribution is -2.45. The van der Waals surface area contributed by atoms with Gasteiger partial charge in [-0.05, 0) is 42.9 Å². The molecule has 2 saturated heterocycles. The molecule has 24 heavy (non-hydrogen) atoms. The Hall–Kier alpha value is -1.65. The minimum absolute atomic E-state index is 0.192. The zero-order chi connectivity index (χ0) is 16.6. The Morgan fingerprint density at radius 2 is 1.88 bits per heavy atom. The number of hydrogen-bond acceptors (Lipinski definition) is 3. The summed E-state index contributed by atoms with van der Waals surface area (Å²) in [4.78, 5) is 18.9. The molecule has 0 saturated carbocycles. The van der Waals surface area contributed by atoms with Crippen LogP contribution < -0.4 is 0 Å². The number of rotatable bonds is 3. The van der Waals surface area contributed by atoms with Gasteiger partial charge in [0.15, 0.2) is 0 Å². The molecule has 2 aromatic rings. The zero-order valence-corrected chi connectivity index (χ0v) is 15.0. The molecule has 0 aliphatic carbocycles. The molecule has 1 unspecified atom stereocenters. The number of thiophene rings is 1. The highest BCUT2D eigenvalue weighted by atomic mass is 32.1. The fourth-order valence-corrected chi connectivity index (χ4v) is 5.21. The third-order valence-corrected chi connectivity index (χ3v) is 6.67. The van der Waals surface area contributed by atoms with Crippen molar-refractivity contribution in [3.05, 3.63) is 58.3 Å². The maximum atomic E-state index is 13.0. The Labute approximate surface area is 147 Å². The number of amides is 1. The number of carbonyl (C=O) groups is 1. The first-order chi connectivity index (χ1) is 11.7. The number of hydrogen-bond donors (Lipinski definition) is 0. The summed E-state index contributed by atoms with van der Waals surface area (Å²) in [6.07, 6.45) is 1.95. The van der Waals surface area contributed by atoms with Crippen LogP contribution in [0.5, 0.6) is 0 Å². The van der Waals surface area contributed by atoms with Gasteiger partial charge in [0, 0.05) is 30.9 Å². The van der Waals surface area contributed by atoms with Crippen LogP contribution in [0.1, 0.15) is 29.2 Å². The third-order valence-electron chi connectivity index (χ3n) is 5.81. The van der Waals surface area contributed by atoms with E-state index in [1.165, 1.54) is 10.4 Å². The van der Waals surface area contributed by atoms with Crippen LogP contribution >= 0.6 is 11.3 Å². The summed E-state index contributed by atoms with van der Waals surface area (Å²) >= 11 is 1.82. The Kier molecular flexibility index (Phi) is 4.19. The van der Waals surface area contributed by atoms with Crippen LogP contribution in [0.4, 0.5) is 0 Å². The Morgan fingerprint density at radius 3 is 2.54 bits per heavy atom. The molecular weight excluding hydrogens is 316 g/mol. The second-order valence-corrected chi connectivity index (χ2v) is 8.19. The number of benzene rings is 1. The minimum Gasteiger partial charge on any atom is -0.345 e. The van der Waals surface area contributed by atoms with Gasteiger partial charge in [0.1, 0.15) is 0 Å². The number of likely N-dealkylation sites (N-methyl/N-ethyl adjacent to an activating group) is 1. The van der Waals surface area contributed by atoms with Crippen LogP contribution in [0.15, 0.2) is 47.8 Å². The maximum absolute atomic E-state index is 13.0. The Bertz CT molecular complexity index is 690. The van der Waals surface area contributed by atoms with Crippen molar-refractivity contribution >= 4 is 17.2 Å². The Balaban J connectivity index is 1.53. The second-order valence-electron chi connectivity index (χ2n) is 7.16. The molecule has 2 fully saturated rings. The molecular formula is C20H24N2OS. The van der Waals surface area contributed by atoms with Crippen LogP contribution in [0.25, 0.3) is 0 Å². The monoisotopic (exact) mass is 340 g/mol. The molecule has 2 aliphatic heterocycles. The van der Waals surface area contributed by atoms with E-state index in [1.54, 1.807) is 0 Å². The molecule has 2 aliphatic rings. The van der Waals surface area contributed by atoms with Gasteiger partial charge in [0.05, 0.1) is 5.41 Å². The summed E-state index contributed by atoms with van der Waals surface area (Å²) < 4.78 is 0. The van der Waals surface area contributed by atoms with Crippen molar-refractivity contribution in [2.24, 2.45) is 5.41 Å². The summed E-state index contributed by atoms with van der Waals surface area (Å²) in [5.74, 6) is 0.687. The molecule has 3 nitrogen and oxygen atoms in total. The van der Waals surface area contributed by atoms with Gasteiger partial charge in [-0.15, -0.1) is 11.3 Å². The van der Waals surface area contributed by atoms with E-state index in [-0.39, 0.29) is 5.41 Å². The van der Waals surface area contributed by atoms with Crippen molar-refractivity contribution in [1.29, 1.82) is 0 Å². The van der Waals surface area contributed by atoms with Gasteiger partial charge in [-0.3, -0.25) is 9.69 Å². The molecule has 1 aromatic heterocycles. The quantitative estimate of drug-likeness (QED) is 0.852. The normalized spacial score (nSPS) is 24.0. The van der Waals surface area contributed by atoms with E-state index in [0.29, 0.717) is 11.8 Å². The van der Waals surface area contributed by atoms with Gasteiger partial charge in [0.2, 0.25) is 5.91 Å². The maximum Gasteiger partial charge on any atom is 0.229 e. The van der Waals surface area contributed by atoms with Crippen molar-refractivity contribution in [2.75, 3.05) is 26.7 Å². The predicted molar refractivity (Wildman–Crippen MR) is 98.1 cm³/mol. The molecule has 4 rings (SSSR count). The van der Waals surface area contributed by atoms with Crippen molar-refractivity contribution in [1.82, 2.24) is 9.80 Å². The van der Waals surface area contributed by atoms with E-state index >= 15 is 0 Å². The molecule has 4 heteroatoms. The first kappa shape index (κ1) is 15.9. The molecule has 1 atom stereocenters. The first-order valence-corrected chi connectivity index (χ1v) is 9.62. The number of carbonyl (C=O) groups excluding carboxylic acids is 1. The lowest BCUT2D eigenvalue weighted by molar-refractivity contribution is -0.137. The van der Waals surface area contributed by atoms with Crippen LogP contribution in [0.3, 0.4) is 0 Å². The number of piperidine rings is 1. The second kappa shape index (κ2) is 6.34. The highest BCUT2D eigenvalue weighted by molar-refractivity contribution is 7.09. The van der Waals surface area contributed by atoms with Crippen LogP contribution in [-0.4, -0.2) is 42.4 Å². The van der Waals surface area contributed by atoms with Gasteiger partial charge < -0.3 is 4.90 Å². The van der Waals surface area contributed by atoms with Gasteiger partial charge >= 0.3 is 0 Å². The summed E-state index contributed by atoms with van der Waals surface area (Å²) in [5, 5.41) is 2.14. The zero-order valence-electron chi connectivity index (χ0n) is 14.1. The van der Waals surface area contributed by atoms with Gasteiger partial charge in [-0.25, -0.2) is 0 Å². The average molecular weight is 340 g/mol. The van der Waals surface area contributed by atoms with E-state index in [9.17, 15) is 4.79 Å². The topological polar surface area (TPSA) is 23.6 Å². The molecule has 0 bridgehead atoms. The molecule has 0 N–H and O–H groups in total. The van der Waals surface area contributed by atoms with Crippen LogP contribution in [0.2, 0.25) is 0 Å². The molecule has 1 aromatic carbocycles. The van der Waals surface area contributed by atoms with Gasteiger partial charge in [-0.2, -0.15) is 0 Å². The van der Waals surface area contributed by atoms with Crippen LogP contribution in [0, 0.1) is 5.41 Å². The van der Waals surface area contributed by atoms with E-state index in [4.69, 9.17) is 0 Å². The molecule has 0 radical (unpaired) electrons. The van der Waals surface area contributed by atoms with Gasteiger partial charge in [-0.1, -0.05) is 36.4 Å². The van der Waals surface area contributed by atoms with Crippen molar-refractivity contribution in [2.45, 2.75) is 25.3 Å². The summed E-state index contributed by atoms with van der Waals surface area (Å²) in [7, 11) is 1.96. The largest absolute Gasteiger partial charge is 0.345 e. The molecule has 3 heterocycles. The van der Waals surface area contributed by atoms with E-state index in [2.05, 4.69) is 52.7 Å². The van der Waals surface area contributed by atoms with Crippen LogP contribution in [-0.2, 0) is 11.3 Å². The third kappa shape index (κ3) is 2.68. The lowest BCUT2D eigenvalue weighted by Gasteiger charge is -2.41. The standard InChI is InChI=1S/C20H24N2OS/c1-21-15-18(16-6-3-2-4-7-16)20(19(21)23)9-11-22(12-10-20)14-17-8-5-13-24-17/h2-8,13,18H,9-12,14-15H2,1H3. The fraction of sp³-hybridized carbons (Fsp3) is 0.450. The van der Waals surface area contributed by atoms with E-state index < -0.39 is 0 Å². The summed E-state index contributed by atoms with van der Waals surface area (Å²) in [6, 6.07) is 15.0. The molecule has 1 amide bonds. The number of likely N-dealkylation sites (tertiary alicyclic amines) is 2. The van der Waals surface area contributed by atoms with E-state index in [0.717, 1.165) is 39.0 Å². The van der Waals surface area contributed by atoms with Crippen molar-refractivity contribution < 1.29 is 4.79 Å². The molecule has 1 spiro atoms. The highest BCUT2D eigenvalue weighted by Crippen LogP contribution is 2.50. The fourth-order valence-electron chi connectivity index (χ4n) is 4.47.